The summed E-state index contributed by atoms with van der Waals surface area (Å²) in [5.74, 6) is -1.60. The highest BCUT2D eigenvalue weighted by Crippen LogP contribution is 2.29. The second-order valence-corrected chi connectivity index (χ2v) is 9.66. The Morgan fingerprint density at radius 3 is 1.67 bits per heavy atom. The quantitative estimate of drug-likeness (QED) is 0.425. The third kappa shape index (κ3) is 9.45. The van der Waals surface area contributed by atoms with Crippen LogP contribution >= 0.6 is 0 Å². The van der Waals surface area contributed by atoms with Crippen LogP contribution in [0.1, 0.15) is 59.3 Å². The van der Waals surface area contributed by atoms with Gasteiger partial charge in [0.1, 0.15) is 0 Å². The SMILES string of the molecule is CCCC[Si](CCCC)(CCCC)OC(=O)/C=C\C(=O)O. The lowest BCUT2D eigenvalue weighted by Crippen LogP contribution is -2.40. The fourth-order valence-electron chi connectivity index (χ4n) is 2.41. The van der Waals surface area contributed by atoms with E-state index in [9.17, 15) is 9.59 Å². The van der Waals surface area contributed by atoms with Crippen LogP contribution in [0.25, 0.3) is 0 Å². The van der Waals surface area contributed by atoms with Gasteiger partial charge in [-0.05, 0) is 18.1 Å². The van der Waals surface area contributed by atoms with E-state index in [1.807, 2.05) is 0 Å². The van der Waals surface area contributed by atoms with Crippen molar-refractivity contribution < 1.29 is 19.1 Å². The van der Waals surface area contributed by atoms with Crippen LogP contribution in [0.3, 0.4) is 0 Å². The summed E-state index contributed by atoms with van der Waals surface area (Å²) in [4.78, 5) is 22.4. The van der Waals surface area contributed by atoms with Gasteiger partial charge in [-0.25, -0.2) is 9.59 Å². The summed E-state index contributed by atoms with van der Waals surface area (Å²) < 4.78 is 5.84. The molecule has 0 aromatic heterocycles. The Balaban J connectivity index is 4.92. The van der Waals surface area contributed by atoms with Crippen molar-refractivity contribution in [1.29, 1.82) is 0 Å². The second kappa shape index (κ2) is 11.5. The van der Waals surface area contributed by atoms with Gasteiger partial charge in [-0.3, -0.25) is 0 Å². The highest BCUT2D eigenvalue weighted by Gasteiger charge is 2.36. The van der Waals surface area contributed by atoms with E-state index in [2.05, 4.69) is 20.8 Å². The summed E-state index contributed by atoms with van der Waals surface area (Å²) in [5.41, 5.74) is 0. The summed E-state index contributed by atoms with van der Waals surface area (Å²) in [6, 6.07) is 2.99. The molecular formula is C16H30O4Si. The minimum atomic E-state index is -2.09. The van der Waals surface area contributed by atoms with Gasteiger partial charge in [0.2, 0.25) is 0 Å². The number of hydrogen-bond acceptors (Lipinski definition) is 3. The number of carboxylic acid groups (broad SMARTS) is 1. The van der Waals surface area contributed by atoms with E-state index >= 15 is 0 Å². The maximum atomic E-state index is 11.9. The molecule has 0 aromatic rings. The third-order valence-corrected chi connectivity index (χ3v) is 8.07. The topological polar surface area (TPSA) is 63.6 Å². The molecule has 0 aliphatic rings. The number of unbranched alkanes of at least 4 members (excludes halogenated alkanes) is 3. The maximum Gasteiger partial charge on any atom is 0.328 e. The summed E-state index contributed by atoms with van der Waals surface area (Å²) in [6.45, 7) is 6.43. The minimum absolute atomic E-state index is 0.479. The first-order valence-corrected chi connectivity index (χ1v) is 10.7. The lowest BCUT2D eigenvalue weighted by molar-refractivity contribution is -0.133. The van der Waals surface area contributed by atoms with Gasteiger partial charge < -0.3 is 9.53 Å². The molecule has 0 aliphatic carbocycles. The molecule has 122 valence electrons. The van der Waals surface area contributed by atoms with Gasteiger partial charge in [0.15, 0.2) is 0 Å². The van der Waals surface area contributed by atoms with Crippen LogP contribution in [0.4, 0.5) is 0 Å². The van der Waals surface area contributed by atoms with Crippen molar-refractivity contribution in [2.75, 3.05) is 0 Å². The molecule has 0 amide bonds. The molecule has 0 spiro atoms. The van der Waals surface area contributed by atoms with E-state index in [0.717, 1.165) is 68.8 Å². The molecular weight excluding hydrogens is 284 g/mol. The Bertz CT molecular complexity index is 317. The first-order valence-electron chi connectivity index (χ1n) is 8.13. The van der Waals surface area contributed by atoms with Crippen LogP contribution in [0.5, 0.6) is 0 Å². The molecule has 0 aromatic carbocycles. The molecule has 0 bridgehead atoms. The molecule has 1 N–H and O–H groups in total. The van der Waals surface area contributed by atoms with Crippen molar-refractivity contribution in [3.05, 3.63) is 12.2 Å². The molecule has 21 heavy (non-hydrogen) atoms. The first kappa shape index (κ1) is 19.9. The summed E-state index contributed by atoms with van der Waals surface area (Å²) in [6.07, 6.45) is 8.43. The molecule has 0 saturated carbocycles. The van der Waals surface area contributed by atoms with Crippen molar-refractivity contribution in [2.24, 2.45) is 0 Å². The Morgan fingerprint density at radius 1 is 0.905 bits per heavy atom. The van der Waals surface area contributed by atoms with Crippen molar-refractivity contribution in [3.63, 3.8) is 0 Å². The van der Waals surface area contributed by atoms with Crippen LogP contribution in [0.2, 0.25) is 18.1 Å². The fraction of sp³-hybridized carbons (Fsp3) is 0.750. The zero-order valence-electron chi connectivity index (χ0n) is 13.7. The monoisotopic (exact) mass is 314 g/mol. The standard InChI is InChI=1S/C16H30O4Si/c1-4-7-12-21(13-8-5-2,14-9-6-3)20-16(19)11-10-15(17)18/h10-11H,4-9,12-14H2,1-3H3,(H,17,18)/b11-10-. The van der Waals surface area contributed by atoms with Gasteiger partial charge in [-0.15, -0.1) is 0 Å². The lowest BCUT2D eigenvalue weighted by atomic mass is 10.4. The molecule has 0 rings (SSSR count). The number of carboxylic acids is 1. The number of rotatable bonds is 12. The van der Waals surface area contributed by atoms with E-state index in [4.69, 9.17) is 9.53 Å². The van der Waals surface area contributed by atoms with Crippen LogP contribution in [-0.2, 0) is 14.0 Å². The fourth-order valence-corrected chi connectivity index (χ4v) is 6.96. The van der Waals surface area contributed by atoms with Gasteiger partial charge in [0.05, 0.1) is 0 Å². The van der Waals surface area contributed by atoms with E-state index in [0.29, 0.717) is 0 Å². The van der Waals surface area contributed by atoms with Crippen LogP contribution in [-0.4, -0.2) is 25.4 Å². The molecule has 0 atom stereocenters. The van der Waals surface area contributed by atoms with E-state index in [1.54, 1.807) is 0 Å². The minimum Gasteiger partial charge on any atom is -0.516 e. The number of aliphatic carboxylic acids is 1. The van der Waals surface area contributed by atoms with Crippen molar-refractivity contribution >= 4 is 20.3 Å². The van der Waals surface area contributed by atoms with Gasteiger partial charge in [0, 0.05) is 12.2 Å². The summed E-state index contributed by atoms with van der Waals surface area (Å²) in [5, 5.41) is 8.60. The number of hydrogen-bond donors (Lipinski definition) is 1. The largest absolute Gasteiger partial charge is 0.516 e. The van der Waals surface area contributed by atoms with Crippen LogP contribution < -0.4 is 0 Å². The molecule has 0 unspecified atom stereocenters. The van der Waals surface area contributed by atoms with Crippen LogP contribution in [0, 0.1) is 0 Å². The van der Waals surface area contributed by atoms with Crippen molar-refractivity contribution in [1.82, 2.24) is 0 Å². The smallest absolute Gasteiger partial charge is 0.328 e. The Labute approximate surface area is 129 Å². The Kier molecular flexibility index (Phi) is 10.9. The van der Waals surface area contributed by atoms with E-state index < -0.39 is 20.3 Å². The second-order valence-electron chi connectivity index (χ2n) is 5.59. The Hall–Kier alpha value is -1.10. The average Bonchev–Trinajstić information content (AvgIpc) is 2.46. The van der Waals surface area contributed by atoms with E-state index in [1.165, 1.54) is 0 Å². The molecule has 0 saturated heterocycles. The Morgan fingerprint density at radius 2 is 1.33 bits per heavy atom. The highest BCUT2D eigenvalue weighted by atomic mass is 28.4. The molecule has 0 fully saturated rings. The zero-order chi connectivity index (χ0) is 16.1. The molecule has 4 nitrogen and oxygen atoms in total. The number of carbonyl (C=O) groups excluding carboxylic acids is 1. The van der Waals surface area contributed by atoms with E-state index in [-0.39, 0.29) is 0 Å². The molecule has 0 aliphatic heterocycles. The predicted octanol–water partition coefficient (Wildman–Crippen LogP) is 4.52. The van der Waals surface area contributed by atoms with Crippen molar-refractivity contribution in [2.45, 2.75) is 77.4 Å². The van der Waals surface area contributed by atoms with Gasteiger partial charge >= 0.3 is 11.9 Å². The van der Waals surface area contributed by atoms with Gasteiger partial charge in [-0.1, -0.05) is 59.3 Å². The maximum absolute atomic E-state index is 11.9. The highest BCUT2D eigenvalue weighted by molar-refractivity contribution is 6.75. The van der Waals surface area contributed by atoms with Gasteiger partial charge in [-0.2, -0.15) is 0 Å². The summed E-state index contributed by atoms with van der Waals surface area (Å²) in [7, 11) is -2.09. The molecule has 5 heteroatoms. The molecule has 0 radical (unpaired) electrons. The zero-order valence-corrected chi connectivity index (χ0v) is 14.7. The average molecular weight is 314 g/mol. The molecule has 0 heterocycles. The normalized spacial score (nSPS) is 11.8. The van der Waals surface area contributed by atoms with Gasteiger partial charge in [0.25, 0.3) is 8.32 Å². The summed E-state index contributed by atoms with van der Waals surface area (Å²) >= 11 is 0. The van der Waals surface area contributed by atoms with Crippen molar-refractivity contribution in [3.8, 4) is 0 Å². The first-order chi connectivity index (χ1) is 9.99. The predicted molar refractivity (Wildman–Crippen MR) is 87.8 cm³/mol. The number of carbonyl (C=O) groups is 2. The van der Waals surface area contributed by atoms with Crippen LogP contribution in [0.15, 0.2) is 12.2 Å². The third-order valence-electron chi connectivity index (χ3n) is 3.64. The lowest BCUT2D eigenvalue weighted by Gasteiger charge is -2.31.